The first-order valence-electron chi connectivity index (χ1n) is 14.3. The van der Waals surface area contributed by atoms with E-state index in [9.17, 15) is 0 Å². The van der Waals surface area contributed by atoms with Gasteiger partial charge < -0.3 is 9.80 Å². The molecule has 0 aliphatic carbocycles. The molecule has 1 heterocycles. The third kappa shape index (κ3) is 8.95. The molecule has 44 heavy (non-hydrogen) atoms. The van der Waals surface area contributed by atoms with Gasteiger partial charge in [0, 0.05) is 24.5 Å². The molecule has 0 saturated carbocycles. The monoisotopic (exact) mass is 736 g/mol. The standard InChI is InChI=1S/C21H27N2.C15H12ClNO.2ClH.Ru/c1-14-9-16(3)20(17(4)10-14)22-7-8-23(13-22)21-18(5)11-15(2)12-19(21)6;1-11-9-15(18-2)8-3-12(11)10-17-14-6-4-13(16)5-7-14;;;/h9-13H,7-8H2,1-6H3;1,3-10H,2H3;2*1H;/q-1;;;;+2/p-2. The second-order valence-electron chi connectivity index (χ2n) is 11.0. The summed E-state index contributed by atoms with van der Waals surface area (Å²) < 4.78 is 7.09. The van der Waals surface area contributed by atoms with Crippen LogP contribution in [-0.2, 0) is 13.5 Å². The number of aryl methyl sites for hydroxylation is 6. The van der Waals surface area contributed by atoms with E-state index < -0.39 is 13.5 Å². The van der Waals surface area contributed by atoms with Crippen LogP contribution in [0.3, 0.4) is 0 Å². The van der Waals surface area contributed by atoms with Crippen molar-refractivity contribution in [3.8, 4) is 5.75 Å². The molecule has 4 aromatic rings. The number of hydrogen-bond donors (Lipinski definition) is 0. The fourth-order valence-electron chi connectivity index (χ4n) is 5.73. The van der Waals surface area contributed by atoms with E-state index in [1.54, 1.807) is 25.5 Å². The van der Waals surface area contributed by atoms with E-state index in [4.69, 9.17) is 35.7 Å². The van der Waals surface area contributed by atoms with Crippen molar-refractivity contribution in [2.24, 2.45) is 4.99 Å². The quantitative estimate of drug-likeness (QED) is 0.112. The Morgan fingerprint density at radius 3 is 1.68 bits per heavy atom. The van der Waals surface area contributed by atoms with Gasteiger partial charge in [-0.15, -0.1) is 0 Å². The minimum atomic E-state index is -1.92. The maximum absolute atomic E-state index is 5.97. The molecular weight excluding hydrogens is 698 g/mol. The van der Waals surface area contributed by atoms with Crippen LogP contribution in [0.1, 0.15) is 44.5 Å². The molecule has 4 nitrogen and oxygen atoms in total. The number of nitrogens with zero attached hydrogens (tertiary/aromatic N) is 3. The van der Waals surface area contributed by atoms with Crippen molar-refractivity contribution >= 4 is 58.9 Å². The molecule has 0 atom stereocenters. The van der Waals surface area contributed by atoms with Crippen LogP contribution in [0.4, 0.5) is 17.1 Å². The molecule has 0 bridgehead atoms. The summed E-state index contributed by atoms with van der Waals surface area (Å²) in [7, 11) is 13.6. The van der Waals surface area contributed by atoms with E-state index >= 15 is 0 Å². The molecule has 0 N–H and O–H groups in total. The predicted octanol–water partition coefficient (Wildman–Crippen LogP) is 10.2. The molecule has 1 aliphatic rings. The van der Waals surface area contributed by atoms with Crippen molar-refractivity contribution < 1.29 is 18.3 Å². The Kier molecular flexibility index (Phi) is 12.1. The average molecular weight is 737 g/mol. The first-order valence-corrected chi connectivity index (χ1v) is 20.2. The molecule has 0 spiro atoms. The maximum Gasteiger partial charge on any atom is 0.0146 e. The van der Waals surface area contributed by atoms with Gasteiger partial charge in [0.1, 0.15) is 0 Å². The van der Waals surface area contributed by atoms with Gasteiger partial charge in [-0.2, -0.15) is 6.67 Å². The molecule has 1 saturated heterocycles. The van der Waals surface area contributed by atoms with Gasteiger partial charge in [0.05, 0.1) is 0 Å². The SMILES string of the molecule is COc1ccc(C=Nc2ccc(Cl)cc2)c([CH]=[Ru]([Cl])[Cl])c1.Cc1cc(C)c(N2[CH-]N(c3c(C)cc(C)cc3C)CC2)c(C)c1. The van der Waals surface area contributed by atoms with Gasteiger partial charge in [-0.1, -0.05) is 35.4 Å². The van der Waals surface area contributed by atoms with Gasteiger partial charge in [-0.3, -0.25) is 0 Å². The number of anilines is 2. The fraction of sp³-hybridized carbons (Fsp3) is 0.250. The van der Waals surface area contributed by atoms with Crippen LogP contribution in [0.15, 0.2) is 71.7 Å². The number of halogens is 3. The van der Waals surface area contributed by atoms with Crippen molar-refractivity contribution in [3.63, 3.8) is 0 Å². The summed E-state index contributed by atoms with van der Waals surface area (Å²) in [6.45, 7) is 17.6. The zero-order valence-corrected chi connectivity index (χ0v) is 30.2. The van der Waals surface area contributed by atoms with Gasteiger partial charge >= 0.3 is 142 Å². The normalized spacial score (nSPS) is 13.2. The number of benzene rings is 4. The largest absolute Gasteiger partial charge is 0.502 e. The van der Waals surface area contributed by atoms with Gasteiger partial charge in [-0.25, -0.2) is 0 Å². The van der Waals surface area contributed by atoms with Crippen LogP contribution >= 0.6 is 31.0 Å². The van der Waals surface area contributed by atoms with E-state index in [0.29, 0.717) is 5.02 Å². The molecule has 0 radical (unpaired) electrons. The number of hydrogen-bond acceptors (Lipinski definition) is 4. The van der Waals surface area contributed by atoms with Crippen molar-refractivity contribution in [3.05, 3.63) is 123 Å². The predicted molar refractivity (Wildman–Crippen MR) is 189 cm³/mol. The summed E-state index contributed by atoms with van der Waals surface area (Å²) in [4.78, 5) is 9.24. The molecular formula is C36H39Cl3N3ORu-. The van der Waals surface area contributed by atoms with Crippen LogP contribution in [-0.4, -0.2) is 31.0 Å². The summed E-state index contributed by atoms with van der Waals surface area (Å²) >= 11 is 3.93. The Hall–Kier alpha value is -2.69. The Balaban J connectivity index is 0.000000202. The van der Waals surface area contributed by atoms with Crippen LogP contribution in [0.25, 0.3) is 0 Å². The van der Waals surface area contributed by atoms with Crippen LogP contribution in [0.2, 0.25) is 5.02 Å². The smallest absolute Gasteiger partial charge is 0.0146 e. The van der Waals surface area contributed by atoms with Crippen molar-refractivity contribution in [2.45, 2.75) is 41.5 Å². The number of methoxy groups -OCH3 is 1. The molecule has 5 rings (SSSR count). The Labute approximate surface area is 280 Å². The Morgan fingerprint density at radius 2 is 1.23 bits per heavy atom. The zero-order valence-electron chi connectivity index (χ0n) is 26.2. The molecule has 0 unspecified atom stereocenters. The minimum Gasteiger partial charge on any atom is -0.502 e. The molecule has 1 fully saturated rings. The van der Waals surface area contributed by atoms with E-state index in [1.165, 1.54) is 44.8 Å². The molecule has 0 aromatic heterocycles. The van der Waals surface area contributed by atoms with E-state index in [0.717, 1.165) is 35.7 Å². The van der Waals surface area contributed by atoms with Gasteiger partial charge in [-0.05, 0) is 63.8 Å². The number of rotatable bonds is 6. The van der Waals surface area contributed by atoms with Crippen molar-refractivity contribution in [1.29, 1.82) is 0 Å². The van der Waals surface area contributed by atoms with Gasteiger partial charge in [0.25, 0.3) is 0 Å². The molecule has 8 heteroatoms. The Bertz CT molecular complexity index is 1570. The summed E-state index contributed by atoms with van der Waals surface area (Å²) in [6, 6.07) is 22.1. The van der Waals surface area contributed by atoms with Crippen LogP contribution in [0.5, 0.6) is 5.75 Å². The van der Waals surface area contributed by atoms with Crippen LogP contribution < -0.4 is 14.5 Å². The topological polar surface area (TPSA) is 28.1 Å². The summed E-state index contributed by atoms with van der Waals surface area (Å²) in [5.41, 5.74) is 13.5. The summed E-state index contributed by atoms with van der Waals surface area (Å²) in [5, 5.41) is 0.686. The minimum absolute atomic E-state index is 0.686. The molecule has 234 valence electrons. The third-order valence-corrected chi connectivity index (χ3v) is 9.45. The second kappa shape index (κ2) is 15.5. The van der Waals surface area contributed by atoms with Gasteiger partial charge in [0.15, 0.2) is 0 Å². The van der Waals surface area contributed by atoms with Crippen molar-refractivity contribution in [2.75, 3.05) is 30.0 Å². The van der Waals surface area contributed by atoms with Gasteiger partial charge in [0.2, 0.25) is 0 Å². The first-order chi connectivity index (χ1) is 20.9. The molecule has 1 aliphatic heterocycles. The van der Waals surface area contributed by atoms with E-state index in [2.05, 4.69) is 87.3 Å². The third-order valence-electron chi connectivity index (χ3n) is 7.37. The average Bonchev–Trinajstić information content (AvgIpc) is 3.41. The summed E-state index contributed by atoms with van der Waals surface area (Å²) in [6.07, 6.45) is 1.78. The number of aliphatic imine (C=N–C) groups is 1. The van der Waals surface area contributed by atoms with Crippen molar-refractivity contribution in [1.82, 2.24) is 0 Å². The number of ether oxygens (including phenoxy) is 1. The maximum atomic E-state index is 5.97. The second-order valence-corrected chi connectivity index (χ2v) is 17.2. The first kappa shape index (κ1) is 34.2. The zero-order chi connectivity index (χ0) is 32.0. The van der Waals surface area contributed by atoms with E-state index in [1.807, 2.05) is 34.9 Å². The fourth-order valence-corrected chi connectivity index (χ4v) is 7.68. The summed E-state index contributed by atoms with van der Waals surface area (Å²) in [5.74, 6) is 0.758. The Morgan fingerprint density at radius 1 is 0.727 bits per heavy atom. The van der Waals surface area contributed by atoms with E-state index in [-0.39, 0.29) is 0 Å². The molecule has 0 amide bonds. The van der Waals surface area contributed by atoms with Crippen LogP contribution in [0, 0.1) is 48.2 Å². The molecule has 4 aromatic carbocycles.